The average molecular weight is 343 g/mol. The molecule has 2 aromatic rings. The summed E-state index contributed by atoms with van der Waals surface area (Å²) in [6, 6.07) is 10.9. The van der Waals surface area contributed by atoms with Gasteiger partial charge in [-0.15, -0.1) is 0 Å². The molecule has 0 heterocycles. The molecule has 0 saturated carbocycles. The van der Waals surface area contributed by atoms with E-state index in [4.69, 9.17) is 16.3 Å². The van der Waals surface area contributed by atoms with Crippen LogP contribution in [0.15, 0.2) is 40.9 Å². The molecular formula is C14H13BrClNO2. The molecule has 2 rings (SSSR count). The Balaban J connectivity index is 2.08. The van der Waals surface area contributed by atoms with Crippen LogP contribution in [0.4, 0.5) is 5.69 Å². The highest BCUT2D eigenvalue weighted by molar-refractivity contribution is 9.10. The molecule has 2 N–H and O–H groups in total. The number of anilines is 1. The van der Waals surface area contributed by atoms with Crippen molar-refractivity contribution in [2.45, 2.75) is 6.54 Å². The summed E-state index contributed by atoms with van der Waals surface area (Å²) in [4.78, 5) is 0. The van der Waals surface area contributed by atoms with Gasteiger partial charge in [0.05, 0.1) is 7.11 Å². The molecule has 0 aliphatic carbocycles. The second kappa shape index (κ2) is 6.17. The Morgan fingerprint density at radius 3 is 2.68 bits per heavy atom. The van der Waals surface area contributed by atoms with Gasteiger partial charge in [0, 0.05) is 21.7 Å². The Hall–Kier alpha value is -1.39. The van der Waals surface area contributed by atoms with Gasteiger partial charge in [-0.3, -0.25) is 0 Å². The molecular weight excluding hydrogens is 330 g/mol. The van der Waals surface area contributed by atoms with Crippen molar-refractivity contribution < 1.29 is 9.84 Å². The highest BCUT2D eigenvalue weighted by Gasteiger charge is 2.04. The van der Waals surface area contributed by atoms with Crippen LogP contribution in [0.25, 0.3) is 0 Å². The largest absolute Gasteiger partial charge is 0.504 e. The van der Waals surface area contributed by atoms with Gasteiger partial charge in [-0.25, -0.2) is 0 Å². The summed E-state index contributed by atoms with van der Waals surface area (Å²) in [6.45, 7) is 0.595. The first kappa shape index (κ1) is 14.0. The zero-order chi connectivity index (χ0) is 13.8. The second-order valence-corrected chi connectivity index (χ2v) is 5.27. The number of halogens is 2. The summed E-state index contributed by atoms with van der Waals surface area (Å²) in [5.41, 5.74) is 1.90. The van der Waals surface area contributed by atoms with E-state index in [1.54, 1.807) is 12.1 Å². The van der Waals surface area contributed by atoms with Gasteiger partial charge in [-0.1, -0.05) is 17.7 Å². The van der Waals surface area contributed by atoms with E-state index in [0.717, 1.165) is 15.7 Å². The average Bonchev–Trinajstić information content (AvgIpc) is 2.38. The maximum absolute atomic E-state index is 9.70. The number of rotatable bonds is 4. The van der Waals surface area contributed by atoms with Crippen molar-refractivity contribution in [3.8, 4) is 11.5 Å². The third-order valence-electron chi connectivity index (χ3n) is 2.66. The van der Waals surface area contributed by atoms with Crippen LogP contribution >= 0.6 is 27.5 Å². The van der Waals surface area contributed by atoms with Crippen LogP contribution in [-0.2, 0) is 6.54 Å². The highest BCUT2D eigenvalue weighted by atomic mass is 79.9. The van der Waals surface area contributed by atoms with E-state index in [-0.39, 0.29) is 5.75 Å². The molecule has 2 aromatic carbocycles. The van der Waals surface area contributed by atoms with Crippen LogP contribution in [0.5, 0.6) is 11.5 Å². The first-order valence-electron chi connectivity index (χ1n) is 5.65. The standard InChI is InChI=1S/C14H13BrClNO2/c1-19-14-5-2-9(6-13(14)18)8-17-12-4-3-10(16)7-11(12)15/h2-7,17-18H,8H2,1H3. The molecule has 0 unspecified atom stereocenters. The smallest absolute Gasteiger partial charge is 0.160 e. The predicted octanol–water partition coefficient (Wildman–Crippen LogP) is 4.43. The van der Waals surface area contributed by atoms with Gasteiger partial charge in [0.2, 0.25) is 0 Å². The lowest BCUT2D eigenvalue weighted by Crippen LogP contribution is -2.00. The van der Waals surface area contributed by atoms with Crippen molar-refractivity contribution in [3.05, 3.63) is 51.5 Å². The number of aromatic hydroxyl groups is 1. The summed E-state index contributed by atoms with van der Waals surface area (Å²) in [6.07, 6.45) is 0. The van der Waals surface area contributed by atoms with E-state index < -0.39 is 0 Å². The van der Waals surface area contributed by atoms with Gasteiger partial charge in [0.1, 0.15) is 0 Å². The van der Waals surface area contributed by atoms with Gasteiger partial charge in [0.25, 0.3) is 0 Å². The van der Waals surface area contributed by atoms with Gasteiger partial charge in [0.15, 0.2) is 11.5 Å². The van der Waals surface area contributed by atoms with Gasteiger partial charge < -0.3 is 15.2 Å². The number of methoxy groups -OCH3 is 1. The van der Waals surface area contributed by atoms with Crippen molar-refractivity contribution >= 4 is 33.2 Å². The second-order valence-electron chi connectivity index (χ2n) is 3.98. The first-order valence-corrected chi connectivity index (χ1v) is 6.82. The molecule has 0 aliphatic rings. The summed E-state index contributed by atoms with van der Waals surface area (Å²) >= 11 is 9.33. The fourth-order valence-corrected chi connectivity index (χ4v) is 2.50. The lowest BCUT2D eigenvalue weighted by Gasteiger charge is -2.10. The minimum Gasteiger partial charge on any atom is -0.504 e. The number of hydrogen-bond acceptors (Lipinski definition) is 3. The van der Waals surface area contributed by atoms with E-state index in [9.17, 15) is 5.11 Å². The van der Waals surface area contributed by atoms with E-state index in [0.29, 0.717) is 17.3 Å². The maximum atomic E-state index is 9.70. The summed E-state index contributed by atoms with van der Waals surface area (Å²) < 4.78 is 5.90. The molecule has 0 bridgehead atoms. The Labute approximate surface area is 125 Å². The van der Waals surface area contributed by atoms with Crippen molar-refractivity contribution in [2.75, 3.05) is 12.4 Å². The highest BCUT2D eigenvalue weighted by Crippen LogP contribution is 2.28. The van der Waals surface area contributed by atoms with Crippen LogP contribution in [-0.4, -0.2) is 12.2 Å². The summed E-state index contributed by atoms with van der Waals surface area (Å²) in [5, 5.41) is 13.6. The van der Waals surface area contributed by atoms with Crippen LogP contribution in [0.2, 0.25) is 5.02 Å². The van der Waals surface area contributed by atoms with Crippen LogP contribution in [0.1, 0.15) is 5.56 Å². The Morgan fingerprint density at radius 1 is 1.26 bits per heavy atom. The summed E-state index contributed by atoms with van der Waals surface area (Å²) in [7, 11) is 1.53. The topological polar surface area (TPSA) is 41.5 Å². The molecule has 0 aliphatic heterocycles. The normalized spacial score (nSPS) is 10.3. The zero-order valence-corrected chi connectivity index (χ0v) is 12.6. The van der Waals surface area contributed by atoms with Crippen molar-refractivity contribution in [2.24, 2.45) is 0 Å². The van der Waals surface area contributed by atoms with E-state index in [2.05, 4.69) is 21.2 Å². The number of ether oxygens (including phenoxy) is 1. The van der Waals surface area contributed by atoms with Crippen molar-refractivity contribution in [3.63, 3.8) is 0 Å². The molecule has 0 fully saturated rings. The number of benzene rings is 2. The molecule has 0 aromatic heterocycles. The molecule has 0 amide bonds. The molecule has 0 spiro atoms. The monoisotopic (exact) mass is 341 g/mol. The van der Waals surface area contributed by atoms with Gasteiger partial charge in [-0.2, -0.15) is 0 Å². The molecule has 3 nitrogen and oxygen atoms in total. The molecule has 0 radical (unpaired) electrons. The van der Waals surface area contributed by atoms with Crippen LogP contribution < -0.4 is 10.1 Å². The molecule has 19 heavy (non-hydrogen) atoms. The van der Waals surface area contributed by atoms with Crippen molar-refractivity contribution in [1.29, 1.82) is 0 Å². The fourth-order valence-electron chi connectivity index (χ4n) is 1.68. The fraction of sp³-hybridized carbons (Fsp3) is 0.143. The molecule has 5 heteroatoms. The molecule has 0 atom stereocenters. The Morgan fingerprint density at radius 2 is 2.05 bits per heavy atom. The number of phenols is 1. The predicted molar refractivity (Wildman–Crippen MR) is 81.1 cm³/mol. The lowest BCUT2D eigenvalue weighted by molar-refractivity contribution is 0.373. The number of phenolic OH excluding ortho intramolecular Hbond substituents is 1. The lowest BCUT2D eigenvalue weighted by atomic mass is 10.2. The third kappa shape index (κ3) is 3.55. The van der Waals surface area contributed by atoms with Crippen molar-refractivity contribution in [1.82, 2.24) is 0 Å². The third-order valence-corrected chi connectivity index (χ3v) is 3.55. The van der Waals surface area contributed by atoms with Crippen LogP contribution in [0, 0.1) is 0 Å². The van der Waals surface area contributed by atoms with E-state index in [1.165, 1.54) is 7.11 Å². The molecule has 100 valence electrons. The quantitative estimate of drug-likeness (QED) is 0.863. The maximum Gasteiger partial charge on any atom is 0.160 e. The Bertz CT molecular complexity index is 590. The van der Waals surface area contributed by atoms with Crippen LogP contribution in [0.3, 0.4) is 0 Å². The minimum atomic E-state index is 0.136. The summed E-state index contributed by atoms with van der Waals surface area (Å²) in [5.74, 6) is 0.605. The first-order chi connectivity index (χ1) is 9.10. The Kier molecular flexibility index (Phi) is 4.56. The van der Waals surface area contributed by atoms with E-state index in [1.807, 2.05) is 24.3 Å². The SMILES string of the molecule is COc1ccc(CNc2ccc(Cl)cc2Br)cc1O. The van der Waals surface area contributed by atoms with E-state index >= 15 is 0 Å². The zero-order valence-electron chi connectivity index (χ0n) is 10.3. The number of hydrogen-bond donors (Lipinski definition) is 2. The minimum absolute atomic E-state index is 0.136. The van der Waals surface area contributed by atoms with Gasteiger partial charge in [-0.05, 0) is 51.8 Å². The van der Waals surface area contributed by atoms with Gasteiger partial charge >= 0.3 is 0 Å². The number of nitrogens with one attached hydrogen (secondary N) is 1. The molecule has 0 saturated heterocycles.